The van der Waals surface area contributed by atoms with E-state index in [2.05, 4.69) is 26.6 Å². The van der Waals surface area contributed by atoms with E-state index in [1.165, 1.54) is 24.3 Å². The zero-order valence-corrected chi connectivity index (χ0v) is 13.3. The number of rotatable bonds is 2. The van der Waals surface area contributed by atoms with E-state index in [9.17, 15) is 18.4 Å². The van der Waals surface area contributed by atoms with E-state index in [-0.39, 0.29) is 23.7 Å². The first kappa shape index (κ1) is 15.6. The minimum absolute atomic E-state index is 0.0212. The maximum absolute atomic E-state index is 13.8. The van der Waals surface area contributed by atoms with Gasteiger partial charge in [-0.2, -0.15) is 0 Å². The van der Waals surface area contributed by atoms with Crippen molar-refractivity contribution in [3.63, 3.8) is 0 Å². The molecule has 1 atom stereocenters. The number of carbonyl (C=O) groups is 2. The first-order valence-electron chi connectivity index (χ1n) is 6.79. The highest BCUT2D eigenvalue weighted by Gasteiger charge is 2.31. The molecular formula is C16H11BrF2N2O2. The summed E-state index contributed by atoms with van der Waals surface area (Å²) >= 11 is 3.13. The summed E-state index contributed by atoms with van der Waals surface area (Å²) in [5, 5.41) is 5.00. The zero-order valence-electron chi connectivity index (χ0n) is 11.7. The Morgan fingerprint density at radius 3 is 2.74 bits per heavy atom. The SMILES string of the molecule is O=C1CC(C(=O)Nc2ccc(Br)cc2F)c2ccc(F)cc2N1. The molecule has 0 spiro atoms. The first-order chi connectivity index (χ1) is 10.9. The van der Waals surface area contributed by atoms with Crippen molar-refractivity contribution >= 4 is 39.1 Å². The molecule has 3 rings (SSSR count). The van der Waals surface area contributed by atoms with Crippen LogP contribution in [0.15, 0.2) is 40.9 Å². The van der Waals surface area contributed by atoms with Gasteiger partial charge in [0.25, 0.3) is 0 Å². The van der Waals surface area contributed by atoms with Gasteiger partial charge in [-0.1, -0.05) is 22.0 Å². The molecule has 23 heavy (non-hydrogen) atoms. The maximum atomic E-state index is 13.8. The molecule has 0 saturated carbocycles. The molecule has 1 aliphatic rings. The van der Waals surface area contributed by atoms with Crippen molar-refractivity contribution in [3.8, 4) is 0 Å². The summed E-state index contributed by atoms with van der Waals surface area (Å²) in [4.78, 5) is 24.2. The molecule has 118 valence electrons. The highest BCUT2D eigenvalue weighted by molar-refractivity contribution is 9.10. The van der Waals surface area contributed by atoms with Crippen molar-refractivity contribution in [3.05, 3.63) is 58.1 Å². The zero-order chi connectivity index (χ0) is 16.6. The van der Waals surface area contributed by atoms with Gasteiger partial charge in [0.15, 0.2) is 0 Å². The van der Waals surface area contributed by atoms with Crippen LogP contribution < -0.4 is 10.6 Å². The lowest BCUT2D eigenvalue weighted by atomic mass is 9.89. The van der Waals surface area contributed by atoms with E-state index in [4.69, 9.17) is 0 Å². The maximum Gasteiger partial charge on any atom is 0.232 e. The minimum atomic E-state index is -0.803. The number of benzene rings is 2. The fourth-order valence-electron chi connectivity index (χ4n) is 2.48. The summed E-state index contributed by atoms with van der Waals surface area (Å²) in [6.45, 7) is 0. The summed E-state index contributed by atoms with van der Waals surface area (Å²) < 4.78 is 27.7. The van der Waals surface area contributed by atoms with E-state index in [1.54, 1.807) is 6.07 Å². The van der Waals surface area contributed by atoms with Crippen LogP contribution in [0.5, 0.6) is 0 Å². The Labute approximate surface area is 139 Å². The van der Waals surface area contributed by atoms with Gasteiger partial charge in [0.2, 0.25) is 11.8 Å². The number of fused-ring (bicyclic) bond motifs is 1. The molecule has 1 aliphatic heterocycles. The Morgan fingerprint density at radius 1 is 1.22 bits per heavy atom. The van der Waals surface area contributed by atoms with Crippen molar-refractivity contribution in [2.75, 3.05) is 10.6 Å². The highest BCUT2D eigenvalue weighted by atomic mass is 79.9. The Balaban J connectivity index is 1.89. The van der Waals surface area contributed by atoms with Crippen LogP contribution in [0.2, 0.25) is 0 Å². The smallest absolute Gasteiger partial charge is 0.232 e. The van der Waals surface area contributed by atoms with E-state index < -0.39 is 23.5 Å². The Hall–Kier alpha value is -2.28. The van der Waals surface area contributed by atoms with Gasteiger partial charge in [0.05, 0.1) is 11.6 Å². The minimum Gasteiger partial charge on any atom is -0.326 e. The molecule has 0 aliphatic carbocycles. The molecule has 0 saturated heterocycles. The molecule has 2 aromatic carbocycles. The third-order valence-corrected chi connectivity index (χ3v) is 4.05. The van der Waals surface area contributed by atoms with Gasteiger partial charge in [-0.3, -0.25) is 9.59 Å². The summed E-state index contributed by atoms with van der Waals surface area (Å²) in [7, 11) is 0. The summed E-state index contributed by atoms with van der Waals surface area (Å²) in [6.07, 6.45) is -0.0807. The van der Waals surface area contributed by atoms with E-state index >= 15 is 0 Å². The molecule has 0 bridgehead atoms. The number of nitrogens with one attached hydrogen (secondary N) is 2. The molecule has 2 amide bonds. The molecule has 0 fully saturated rings. The Morgan fingerprint density at radius 2 is 2.00 bits per heavy atom. The molecular weight excluding hydrogens is 370 g/mol. The van der Waals surface area contributed by atoms with E-state index in [0.29, 0.717) is 10.0 Å². The van der Waals surface area contributed by atoms with E-state index in [1.807, 2.05) is 0 Å². The lowest BCUT2D eigenvalue weighted by Gasteiger charge is -2.25. The van der Waals surface area contributed by atoms with Gasteiger partial charge in [0, 0.05) is 16.6 Å². The van der Waals surface area contributed by atoms with Gasteiger partial charge in [-0.25, -0.2) is 8.78 Å². The van der Waals surface area contributed by atoms with Gasteiger partial charge in [-0.15, -0.1) is 0 Å². The predicted molar refractivity (Wildman–Crippen MR) is 85.1 cm³/mol. The van der Waals surface area contributed by atoms with Crippen molar-refractivity contribution in [1.29, 1.82) is 0 Å². The first-order valence-corrected chi connectivity index (χ1v) is 7.58. The monoisotopic (exact) mass is 380 g/mol. The summed E-state index contributed by atoms with van der Waals surface area (Å²) in [6, 6.07) is 8.07. The average molecular weight is 381 g/mol. The topological polar surface area (TPSA) is 58.2 Å². The fraction of sp³-hybridized carbons (Fsp3) is 0.125. The van der Waals surface area contributed by atoms with Crippen molar-refractivity contribution < 1.29 is 18.4 Å². The quantitative estimate of drug-likeness (QED) is 0.832. The van der Waals surface area contributed by atoms with Gasteiger partial charge in [0.1, 0.15) is 11.6 Å². The summed E-state index contributed by atoms with van der Waals surface area (Å²) in [5.41, 5.74) is 0.784. The molecule has 2 N–H and O–H groups in total. The Bertz CT molecular complexity index is 811. The van der Waals surface area contributed by atoms with Crippen LogP contribution >= 0.6 is 15.9 Å². The largest absolute Gasteiger partial charge is 0.326 e. The second-order valence-electron chi connectivity index (χ2n) is 5.15. The predicted octanol–water partition coefficient (Wildman–Crippen LogP) is 3.79. The van der Waals surface area contributed by atoms with Crippen LogP contribution in [-0.4, -0.2) is 11.8 Å². The molecule has 0 aromatic heterocycles. The van der Waals surface area contributed by atoms with Crippen LogP contribution in [0.25, 0.3) is 0 Å². The third kappa shape index (κ3) is 3.24. The number of hydrogen-bond acceptors (Lipinski definition) is 2. The number of hydrogen-bond donors (Lipinski definition) is 2. The van der Waals surface area contributed by atoms with Crippen LogP contribution in [-0.2, 0) is 9.59 Å². The van der Waals surface area contributed by atoms with Crippen LogP contribution in [0, 0.1) is 11.6 Å². The lowest BCUT2D eigenvalue weighted by molar-refractivity contribution is -0.123. The van der Waals surface area contributed by atoms with Gasteiger partial charge < -0.3 is 10.6 Å². The molecule has 4 nitrogen and oxygen atoms in total. The standard InChI is InChI=1S/C16H11BrF2N2O2/c17-8-1-4-13(12(19)5-8)21-16(23)11-7-15(22)20-14-6-9(18)2-3-10(11)14/h1-6,11H,7H2,(H,20,22)(H,21,23). The van der Waals surface area contributed by atoms with Gasteiger partial charge >= 0.3 is 0 Å². The molecule has 1 heterocycles. The molecule has 2 aromatic rings. The van der Waals surface area contributed by atoms with Crippen LogP contribution in [0.4, 0.5) is 20.2 Å². The lowest BCUT2D eigenvalue weighted by Crippen LogP contribution is -2.31. The third-order valence-electron chi connectivity index (χ3n) is 3.56. The van der Waals surface area contributed by atoms with Gasteiger partial charge in [-0.05, 0) is 35.9 Å². The van der Waals surface area contributed by atoms with E-state index in [0.717, 1.165) is 6.07 Å². The second kappa shape index (κ2) is 6.08. The van der Waals surface area contributed by atoms with Crippen molar-refractivity contribution in [2.45, 2.75) is 12.3 Å². The normalized spacial score (nSPS) is 16.5. The summed E-state index contributed by atoms with van der Waals surface area (Å²) in [5.74, 6) is -2.81. The van der Waals surface area contributed by atoms with Crippen molar-refractivity contribution in [2.24, 2.45) is 0 Å². The second-order valence-corrected chi connectivity index (χ2v) is 6.07. The van der Waals surface area contributed by atoms with Crippen LogP contribution in [0.1, 0.15) is 17.9 Å². The molecule has 0 radical (unpaired) electrons. The highest BCUT2D eigenvalue weighted by Crippen LogP contribution is 2.34. The fourth-order valence-corrected chi connectivity index (χ4v) is 2.81. The Kier molecular flexibility index (Phi) is 4.12. The number of amides is 2. The van der Waals surface area contributed by atoms with Crippen molar-refractivity contribution in [1.82, 2.24) is 0 Å². The average Bonchev–Trinajstić information content (AvgIpc) is 2.48. The number of halogens is 3. The molecule has 1 unspecified atom stereocenters. The number of carbonyl (C=O) groups excluding carboxylic acids is 2. The van der Waals surface area contributed by atoms with Crippen LogP contribution in [0.3, 0.4) is 0 Å². The molecule has 7 heteroatoms. The number of anilines is 2.